The molecular weight excluding hydrogens is 276 g/mol. The van der Waals surface area contributed by atoms with Gasteiger partial charge in [-0.2, -0.15) is 11.3 Å². The SMILES string of the molecule is CC(C)(C)C1CNC2(CCCC2)CN1CCc1ccsc1. The molecular formula is C18H30N2S. The van der Waals surface area contributed by atoms with Crippen LogP contribution in [-0.2, 0) is 6.42 Å². The van der Waals surface area contributed by atoms with Crippen LogP contribution in [0.2, 0.25) is 0 Å². The zero-order valence-electron chi connectivity index (χ0n) is 13.8. The maximum Gasteiger partial charge on any atom is 0.0309 e. The largest absolute Gasteiger partial charge is 0.308 e. The highest BCUT2D eigenvalue weighted by atomic mass is 32.1. The van der Waals surface area contributed by atoms with Crippen molar-refractivity contribution < 1.29 is 0 Å². The number of rotatable bonds is 3. The fourth-order valence-corrected chi connectivity index (χ4v) is 4.88. The summed E-state index contributed by atoms with van der Waals surface area (Å²) in [6.45, 7) is 10.8. The first kappa shape index (κ1) is 15.5. The van der Waals surface area contributed by atoms with Crippen LogP contribution in [0.25, 0.3) is 0 Å². The molecule has 2 heterocycles. The quantitative estimate of drug-likeness (QED) is 0.910. The molecule has 1 aliphatic heterocycles. The van der Waals surface area contributed by atoms with E-state index in [4.69, 9.17) is 0 Å². The minimum Gasteiger partial charge on any atom is -0.308 e. The van der Waals surface area contributed by atoms with Crippen molar-refractivity contribution >= 4 is 11.3 Å². The first-order valence-electron chi connectivity index (χ1n) is 8.49. The van der Waals surface area contributed by atoms with E-state index in [9.17, 15) is 0 Å². The molecule has 2 aliphatic rings. The fourth-order valence-electron chi connectivity index (χ4n) is 4.18. The average molecular weight is 307 g/mol. The first-order chi connectivity index (χ1) is 9.99. The molecule has 1 unspecified atom stereocenters. The molecule has 1 saturated heterocycles. The Balaban J connectivity index is 1.70. The van der Waals surface area contributed by atoms with Gasteiger partial charge in [0.1, 0.15) is 0 Å². The number of piperazine rings is 1. The third kappa shape index (κ3) is 3.52. The van der Waals surface area contributed by atoms with Crippen LogP contribution < -0.4 is 5.32 Å². The predicted octanol–water partition coefficient (Wildman–Crippen LogP) is 3.92. The molecule has 2 fully saturated rings. The lowest BCUT2D eigenvalue weighted by molar-refractivity contribution is 0.0247. The Morgan fingerprint density at radius 3 is 2.71 bits per heavy atom. The van der Waals surface area contributed by atoms with Crippen LogP contribution in [0.1, 0.15) is 52.0 Å². The summed E-state index contributed by atoms with van der Waals surface area (Å²) < 4.78 is 0. The van der Waals surface area contributed by atoms with Gasteiger partial charge in [0.25, 0.3) is 0 Å². The minimum absolute atomic E-state index is 0.349. The minimum atomic E-state index is 0.349. The molecule has 1 aromatic rings. The summed E-state index contributed by atoms with van der Waals surface area (Å²) in [5.41, 5.74) is 2.28. The summed E-state index contributed by atoms with van der Waals surface area (Å²) >= 11 is 1.82. The zero-order valence-corrected chi connectivity index (χ0v) is 14.6. The Morgan fingerprint density at radius 1 is 1.33 bits per heavy atom. The molecule has 0 aromatic carbocycles. The molecule has 0 radical (unpaired) electrons. The van der Waals surface area contributed by atoms with Gasteiger partial charge in [0.15, 0.2) is 0 Å². The number of thiophene rings is 1. The molecule has 1 saturated carbocycles. The topological polar surface area (TPSA) is 15.3 Å². The monoisotopic (exact) mass is 306 g/mol. The molecule has 118 valence electrons. The summed E-state index contributed by atoms with van der Waals surface area (Å²) in [6.07, 6.45) is 6.76. The van der Waals surface area contributed by atoms with Gasteiger partial charge in [-0.1, -0.05) is 33.6 Å². The van der Waals surface area contributed by atoms with E-state index >= 15 is 0 Å². The van der Waals surface area contributed by atoms with E-state index < -0.39 is 0 Å². The van der Waals surface area contributed by atoms with E-state index in [2.05, 4.69) is 47.8 Å². The smallest absolute Gasteiger partial charge is 0.0309 e. The van der Waals surface area contributed by atoms with Crippen molar-refractivity contribution in [3.05, 3.63) is 22.4 Å². The molecule has 1 aliphatic carbocycles. The molecule has 2 nitrogen and oxygen atoms in total. The predicted molar refractivity (Wildman–Crippen MR) is 92.0 cm³/mol. The van der Waals surface area contributed by atoms with Crippen LogP contribution in [0.4, 0.5) is 0 Å². The van der Waals surface area contributed by atoms with Gasteiger partial charge >= 0.3 is 0 Å². The van der Waals surface area contributed by atoms with Crippen LogP contribution in [0, 0.1) is 5.41 Å². The zero-order chi connectivity index (χ0) is 14.9. The maximum atomic E-state index is 3.93. The molecule has 1 spiro atoms. The van der Waals surface area contributed by atoms with Gasteiger partial charge in [-0.05, 0) is 47.1 Å². The highest BCUT2D eigenvalue weighted by Crippen LogP contribution is 2.36. The van der Waals surface area contributed by atoms with E-state index in [1.807, 2.05) is 11.3 Å². The summed E-state index contributed by atoms with van der Waals surface area (Å²) in [6, 6.07) is 2.94. The Kier molecular flexibility index (Phi) is 4.45. The second-order valence-electron chi connectivity index (χ2n) is 8.10. The van der Waals surface area contributed by atoms with Crippen molar-refractivity contribution in [2.45, 2.75) is 64.5 Å². The van der Waals surface area contributed by atoms with Crippen molar-refractivity contribution in [3.8, 4) is 0 Å². The van der Waals surface area contributed by atoms with Crippen molar-refractivity contribution in [1.29, 1.82) is 0 Å². The average Bonchev–Trinajstić information content (AvgIpc) is 3.07. The third-order valence-corrected chi connectivity index (χ3v) is 6.18. The van der Waals surface area contributed by atoms with Crippen molar-refractivity contribution in [1.82, 2.24) is 10.2 Å². The number of nitrogens with zero attached hydrogens (tertiary/aromatic N) is 1. The van der Waals surface area contributed by atoms with E-state index in [1.165, 1.54) is 50.8 Å². The third-order valence-electron chi connectivity index (χ3n) is 5.45. The molecule has 1 N–H and O–H groups in total. The highest BCUT2D eigenvalue weighted by molar-refractivity contribution is 7.07. The van der Waals surface area contributed by atoms with E-state index in [-0.39, 0.29) is 0 Å². The number of nitrogens with one attached hydrogen (secondary N) is 1. The second kappa shape index (κ2) is 6.02. The van der Waals surface area contributed by atoms with Crippen LogP contribution in [0.15, 0.2) is 16.8 Å². The molecule has 3 rings (SSSR count). The van der Waals surface area contributed by atoms with Crippen LogP contribution in [0.3, 0.4) is 0 Å². The van der Waals surface area contributed by atoms with Crippen LogP contribution >= 0.6 is 11.3 Å². The van der Waals surface area contributed by atoms with Gasteiger partial charge in [-0.3, -0.25) is 4.90 Å². The van der Waals surface area contributed by atoms with Crippen molar-refractivity contribution in [2.24, 2.45) is 5.41 Å². The maximum absolute atomic E-state index is 3.93. The number of hydrogen-bond donors (Lipinski definition) is 1. The fraction of sp³-hybridized carbons (Fsp3) is 0.778. The summed E-state index contributed by atoms with van der Waals surface area (Å²) in [5, 5.41) is 8.44. The van der Waals surface area contributed by atoms with Gasteiger partial charge in [-0.15, -0.1) is 0 Å². The lowest BCUT2D eigenvalue weighted by Gasteiger charge is -2.51. The molecule has 0 amide bonds. The second-order valence-corrected chi connectivity index (χ2v) is 8.88. The van der Waals surface area contributed by atoms with Crippen molar-refractivity contribution in [3.63, 3.8) is 0 Å². The lowest BCUT2D eigenvalue weighted by Crippen LogP contribution is -2.66. The molecule has 1 atom stereocenters. The summed E-state index contributed by atoms with van der Waals surface area (Å²) in [5.74, 6) is 0. The van der Waals surface area contributed by atoms with Crippen LogP contribution in [-0.4, -0.2) is 36.1 Å². The first-order valence-corrected chi connectivity index (χ1v) is 9.43. The highest BCUT2D eigenvalue weighted by Gasteiger charge is 2.43. The normalized spacial score (nSPS) is 26.5. The van der Waals surface area contributed by atoms with Crippen LogP contribution in [0.5, 0.6) is 0 Å². The number of hydrogen-bond acceptors (Lipinski definition) is 3. The van der Waals surface area contributed by atoms with E-state index in [1.54, 1.807) is 0 Å². The van der Waals surface area contributed by atoms with E-state index in [0.29, 0.717) is 17.0 Å². The Morgan fingerprint density at radius 2 is 2.10 bits per heavy atom. The van der Waals surface area contributed by atoms with E-state index in [0.717, 1.165) is 6.54 Å². The Bertz CT molecular complexity index is 440. The standard InChI is InChI=1S/C18H30N2S/c1-17(2,3)16-12-19-18(8-4-5-9-18)14-20(16)10-6-15-7-11-21-13-15/h7,11,13,16,19H,4-6,8-10,12,14H2,1-3H3. The Labute approximate surface area is 133 Å². The molecule has 21 heavy (non-hydrogen) atoms. The molecule has 0 bridgehead atoms. The van der Waals surface area contributed by atoms with Gasteiger partial charge in [0, 0.05) is 31.2 Å². The molecule has 1 aromatic heterocycles. The van der Waals surface area contributed by atoms with Gasteiger partial charge < -0.3 is 5.32 Å². The summed E-state index contributed by atoms with van der Waals surface area (Å²) in [7, 11) is 0. The lowest BCUT2D eigenvalue weighted by atomic mass is 9.81. The summed E-state index contributed by atoms with van der Waals surface area (Å²) in [4.78, 5) is 2.79. The van der Waals surface area contributed by atoms with Gasteiger partial charge in [0.05, 0.1) is 0 Å². The van der Waals surface area contributed by atoms with Gasteiger partial charge in [-0.25, -0.2) is 0 Å². The van der Waals surface area contributed by atoms with Gasteiger partial charge in [0.2, 0.25) is 0 Å². The molecule has 3 heteroatoms. The Hall–Kier alpha value is -0.380. The van der Waals surface area contributed by atoms with Crippen molar-refractivity contribution in [2.75, 3.05) is 19.6 Å².